The molecule has 1 aromatic rings. The highest BCUT2D eigenvalue weighted by Crippen LogP contribution is 2.10. The van der Waals surface area contributed by atoms with Crippen LogP contribution in [-0.2, 0) is 6.54 Å². The number of hydrogen-bond donors (Lipinski definition) is 2. The number of benzene rings is 1. The Kier molecular flexibility index (Phi) is 5.15. The Balaban J connectivity index is 2.37. The maximum Gasteiger partial charge on any atom is 0.118 e. The van der Waals surface area contributed by atoms with Crippen molar-refractivity contribution in [2.45, 2.75) is 19.5 Å². The van der Waals surface area contributed by atoms with Crippen molar-refractivity contribution in [2.75, 3.05) is 20.7 Å². The van der Waals surface area contributed by atoms with E-state index < -0.39 is 0 Å². The van der Waals surface area contributed by atoms with Gasteiger partial charge in [0, 0.05) is 19.1 Å². The molecule has 0 aliphatic rings. The first-order valence-corrected chi connectivity index (χ1v) is 5.27. The topological polar surface area (TPSA) is 33.3 Å². The van der Waals surface area contributed by atoms with E-state index in [1.807, 2.05) is 19.2 Å². The molecular weight excluding hydrogens is 188 g/mol. The van der Waals surface area contributed by atoms with E-state index in [9.17, 15) is 0 Å². The van der Waals surface area contributed by atoms with E-state index in [4.69, 9.17) is 4.74 Å². The fraction of sp³-hybridized carbons (Fsp3) is 0.500. The Morgan fingerprint density at radius 3 is 2.47 bits per heavy atom. The van der Waals surface area contributed by atoms with Gasteiger partial charge in [0.25, 0.3) is 0 Å². The van der Waals surface area contributed by atoms with Gasteiger partial charge >= 0.3 is 0 Å². The highest BCUT2D eigenvalue weighted by molar-refractivity contribution is 5.26. The van der Waals surface area contributed by atoms with Gasteiger partial charge in [0.1, 0.15) is 5.75 Å². The second-order valence-electron chi connectivity index (χ2n) is 3.69. The van der Waals surface area contributed by atoms with Crippen LogP contribution in [0.2, 0.25) is 0 Å². The first-order valence-electron chi connectivity index (χ1n) is 5.27. The van der Waals surface area contributed by atoms with Crippen molar-refractivity contribution in [3.05, 3.63) is 29.8 Å². The summed E-state index contributed by atoms with van der Waals surface area (Å²) in [6, 6.07) is 8.62. The van der Waals surface area contributed by atoms with Gasteiger partial charge in [0.2, 0.25) is 0 Å². The van der Waals surface area contributed by atoms with Crippen LogP contribution < -0.4 is 15.4 Å². The van der Waals surface area contributed by atoms with Crippen LogP contribution in [0.3, 0.4) is 0 Å². The van der Waals surface area contributed by atoms with Crippen LogP contribution in [0.25, 0.3) is 0 Å². The van der Waals surface area contributed by atoms with E-state index in [0.29, 0.717) is 6.04 Å². The zero-order chi connectivity index (χ0) is 11.1. The van der Waals surface area contributed by atoms with Gasteiger partial charge in [0.15, 0.2) is 0 Å². The fourth-order valence-corrected chi connectivity index (χ4v) is 1.41. The summed E-state index contributed by atoms with van der Waals surface area (Å²) in [5.74, 6) is 0.905. The first kappa shape index (κ1) is 12.0. The average Bonchev–Trinajstić information content (AvgIpc) is 2.27. The highest BCUT2D eigenvalue weighted by Gasteiger charge is 1.99. The van der Waals surface area contributed by atoms with Gasteiger partial charge in [0.05, 0.1) is 7.11 Å². The van der Waals surface area contributed by atoms with Gasteiger partial charge in [-0.3, -0.25) is 0 Å². The van der Waals surface area contributed by atoms with Crippen molar-refractivity contribution in [1.29, 1.82) is 0 Å². The quantitative estimate of drug-likeness (QED) is 0.741. The SMILES string of the molecule is CNCC(C)NCc1ccc(OC)cc1. The van der Waals surface area contributed by atoms with Crippen LogP contribution in [0.15, 0.2) is 24.3 Å². The molecule has 0 saturated heterocycles. The van der Waals surface area contributed by atoms with Gasteiger partial charge in [-0.05, 0) is 31.7 Å². The third kappa shape index (κ3) is 4.32. The number of methoxy groups -OCH3 is 1. The molecule has 0 spiro atoms. The molecule has 2 N–H and O–H groups in total. The summed E-state index contributed by atoms with van der Waals surface area (Å²) in [5.41, 5.74) is 1.28. The lowest BCUT2D eigenvalue weighted by Gasteiger charge is -2.13. The van der Waals surface area contributed by atoms with E-state index >= 15 is 0 Å². The Labute approximate surface area is 91.8 Å². The van der Waals surface area contributed by atoms with Gasteiger partial charge in [-0.15, -0.1) is 0 Å². The molecule has 0 radical (unpaired) electrons. The molecule has 3 nitrogen and oxygen atoms in total. The second kappa shape index (κ2) is 6.43. The summed E-state index contributed by atoms with van der Waals surface area (Å²) >= 11 is 0. The predicted octanol–water partition coefficient (Wildman–Crippen LogP) is 1.39. The number of ether oxygens (including phenoxy) is 1. The lowest BCUT2D eigenvalue weighted by Crippen LogP contribution is -2.34. The largest absolute Gasteiger partial charge is 0.497 e. The van der Waals surface area contributed by atoms with Crippen molar-refractivity contribution in [2.24, 2.45) is 0 Å². The minimum Gasteiger partial charge on any atom is -0.497 e. The standard InChI is InChI=1S/C12H20N2O/c1-10(8-13-2)14-9-11-4-6-12(15-3)7-5-11/h4-7,10,13-14H,8-9H2,1-3H3. The van der Waals surface area contributed by atoms with Crippen LogP contribution in [0.5, 0.6) is 5.75 Å². The Bertz CT molecular complexity index is 271. The Morgan fingerprint density at radius 2 is 1.93 bits per heavy atom. The lowest BCUT2D eigenvalue weighted by atomic mass is 10.2. The minimum absolute atomic E-state index is 0.483. The monoisotopic (exact) mass is 208 g/mol. The summed E-state index contributed by atoms with van der Waals surface area (Å²) < 4.78 is 5.10. The average molecular weight is 208 g/mol. The minimum atomic E-state index is 0.483. The van der Waals surface area contributed by atoms with Crippen LogP contribution >= 0.6 is 0 Å². The Morgan fingerprint density at radius 1 is 1.27 bits per heavy atom. The molecule has 0 bridgehead atoms. The molecule has 0 fully saturated rings. The van der Waals surface area contributed by atoms with Crippen LogP contribution in [0.1, 0.15) is 12.5 Å². The molecule has 0 heterocycles. The summed E-state index contributed by atoms with van der Waals surface area (Å²) in [7, 11) is 3.65. The van der Waals surface area contributed by atoms with Crippen molar-refractivity contribution in [1.82, 2.24) is 10.6 Å². The summed E-state index contributed by atoms with van der Waals surface area (Å²) in [4.78, 5) is 0. The zero-order valence-corrected chi connectivity index (χ0v) is 9.71. The van der Waals surface area contributed by atoms with Crippen LogP contribution in [-0.4, -0.2) is 26.7 Å². The number of hydrogen-bond acceptors (Lipinski definition) is 3. The molecule has 15 heavy (non-hydrogen) atoms. The maximum atomic E-state index is 5.10. The van der Waals surface area contributed by atoms with E-state index in [2.05, 4.69) is 29.7 Å². The van der Waals surface area contributed by atoms with Crippen molar-refractivity contribution in [3.63, 3.8) is 0 Å². The highest BCUT2D eigenvalue weighted by atomic mass is 16.5. The molecule has 0 aromatic heterocycles. The number of likely N-dealkylation sites (N-methyl/N-ethyl adjacent to an activating group) is 1. The summed E-state index contributed by atoms with van der Waals surface area (Å²) in [6.45, 7) is 4.04. The van der Waals surface area contributed by atoms with Gasteiger partial charge in [-0.1, -0.05) is 12.1 Å². The molecule has 0 saturated carbocycles. The molecule has 1 unspecified atom stereocenters. The van der Waals surface area contributed by atoms with Crippen molar-refractivity contribution in [3.8, 4) is 5.75 Å². The molecule has 0 aliphatic carbocycles. The van der Waals surface area contributed by atoms with Crippen LogP contribution in [0.4, 0.5) is 0 Å². The van der Waals surface area contributed by atoms with E-state index in [1.54, 1.807) is 7.11 Å². The number of nitrogens with one attached hydrogen (secondary N) is 2. The van der Waals surface area contributed by atoms with Crippen molar-refractivity contribution >= 4 is 0 Å². The van der Waals surface area contributed by atoms with Gasteiger partial charge in [-0.2, -0.15) is 0 Å². The molecule has 84 valence electrons. The third-order valence-corrected chi connectivity index (χ3v) is 2.32. The number of rotatable bonds is 6. The molecule has 3 heteroatoms. The second-order valence-corrected chi connectivity index (χ2v) is 3.69. The van der Waals surface area contributed by atoms with E-state index in [0.717, 1.165) is 18.8 Å². The van der Waals surface area contributed by atoms with E-state index in [1.165, 1.54) is 5.56 Å². The molecule has 1 rings (SSSR count). The normalized spacial score (nSPS) is 12.5. The van der Waals surface area contributed by atoms with E-state index in [-0.39, 0.29) is 0 Å². The molecule has 1 atom stereocenters. The first-order chi connectivity index (χ1) is 7.26. The molecule has 0 amide bonds. The molecular formula is C12H20N2O. The van der Waals surface area contributed by atoms with Gasteiger partial charge < -0.3 is 15.4 Å². The molecule has 1 aromatic carbocycles. The fourth-order valence-electron chi connectivity index (χ4n) is 1.41. The maximum absolute atomic E-state index is 5.10. The molecule has 0 aliphatic heterocycles. The summed E-state index contributed by atoms with van der Waals surface area (Å²) in [6.07, 6.45) is 0. The summed E-state index contributed by atoms with van der Waals surface area (Å²) in [5, 5.41) is 6.57. The van der Waals surface area contributed by atoms with Gasteiger partial charge in [-0.25, -0.2) is 0 Å². The Hall–Kier alpha value is -1.06. The lowest BCUT2D eigenvalue weighted by molar-refractivity contribution is 0.414. The third-order valence-electron chi connectivity index (χ3n) is 2.32. The van der Waals surface area contributed by atoms with Crippen LogP contribution in [0, 0.1) is 0 Å². The zero-order valence-electron chi connectivity index (χ0n) is 9.71. The smallest absolute Gasteiger partial charge is 0.118 e. The predicted molar refractivity (Wildman–Crippen MR) is 63.2 cm³/mol. The van der Waals surface area contributed by atoms with Crippen molar-refractivity contribution < 1.29 is 4.74 Å².